The summed E-state index contributed by atoms with van der Waals surface area (Å²) in [5.74, 6) is 3.59. The summed E-state index contributed by atoms with van der Waals surface area (Å²) in [6, 6.07) is 4.33. The summed E-state index contributed by atoms with van der Waals surface area (Å²) in [6.07, 6.45) is 4.98. The normalized spacial score (nSPS) is 28.5. The van der Waals surface area contributed by atoms with Gasteiger partial charge >= 0.3 is 6.03 Å². The standard InChI is InChI=1S/C18H27N3O2/c1-13-4-5-17(23-13)16(20-7-2-3-8-20)11-19-18(22)21-9-6-14-10-15(14)12-21/h4-5,14-16H,2-3,6-12H2,1H3,(H,19,22). The van der Waals surface area contributed by atoms with E-state index < -0.39 is 0 Å². The molecule has 3 heterocycles. The molecule has 5 heteroatoms. The van der Waals surface area contributed by atoms with E-state index in [2.05, 4.69) is 16.3 Å². The highest BCUT2D eigenvalue weighted by atomic mass is 16.3. The van der Waals surface area contributed by atoms with Gasteiger partial charge in [0.15, 0.2) is 0 Å². The molecule has 1 aliphatic carbocycles. The number of piperidine rings is 1. The number of hydrogen-bond donors (Lipinski definition) is 1. The maximum atomic E-state index is 12.5. The fourth-order valence-electron chi connectivity index (χ4n) is 4.16. The average molecular weight is 317 g/mol. The molecule has 3 atom stereocenters. The third kappa shape index (κ3) is 3.25. The maximum absolute atomic E-state index is 12.5. The second-order valence-corrected chi connectivity index (χ2v) is 7.38. The highest BCUT2D eigenvalue weighted by Crippen LogP contribution is 2.44. The molecule has 1 aromatic rings. The number of aryl methyl sites for hydroxylation is 1. The van der Waals surface area contributed by atoms with E-state index in [0.29, 0.717) is 6.54 Å². The van der Waals surface area contributed by atoms with Crippen molar-refractivity contribution in [2.75, 3.05) is 32.7 Å². The molecule has 1 N–H and O–H groups in total. The molecule has 0 aromatic carbocycles. The van der Waals surface area contributed by atoms with Crippen LogP contribution < -0.4 is 5.32 Å². The molecule has 1 aromatic heterocycles. The van der Waals surface area contributed by atoms with Crippen molar-refractivity contribution in [2.24, 2.45) is 11.8 Å². The van der Waals surface area contributed by atoms with Gasteiger partial charge in [0.1, 0.15) is 11.5 Å². The fraction of sp³-hybridized carbons (Fsp3) is 0.722. The maximum Gasteiger partial charge on any atom is 0.317 e. The lowest BCUT2D eigenvalue weighted by Gasteiger charge is -2.30. The van der Waals surface area contributed by atoms with E-state index in [1.807, 2.05) is 17.9 Å². The molecule has 4 rings (SSSR count). The first-order chi connectivity index (χ1) is 11.2. The smallest absolute Gasteiger partial charge is 0.317 e. The molecule has 5 nitrogen and oxygen atoms in total. The van der Waals surface area contributed by atoms with E-state index >= 15 is 0 Å². The van der Waals surface area contributed by atoms with Gasteiger partial charge in [-0.1, -0.05) is 0 Å². The molecule has 3 unspecified atom stereocenters. The molecule has 126 valence electrons. The molecule has 3 aliphatic rings. The molecular weight excluding hydrogens is 290 g/mol. The SMILES string of the molecule is Cc1ccc(C(CNC(=O)N2CCC3CC3C2)N2CCCC2)o1. The number of likely N-dealkylation sites (tertiary alicyclic amines) is 2. The lowest BCUT2D eigenvalue weighted by atomic mass is 10.1. The van der Waals surface area contributed by atoms with Crippen LogP contribution in [0.3, 0.4) is 0 Å². The molecule has 0 bridgehead atoms. The van der Waals surface area contributed by atoms with Crippen LogP contribution in [-0.2, 0) is 0 Å². The van der Waals surface area contributed by atoms with Crippen LogP contribution in [0.1, 0.15) is 43.2 Å². The number of amides is 2. The van der Waals surface area contributed by atoms with Crippen molar-refractivity contribution in [1.82, 2.24) is 15.1 Å². The second-order valence-electron chi connectivity index (χ2n) is 7.38. The number of nitrogens with one attached hydrogen (secondary N) is 1. The Labute approximate surface area is 138 Å². The first-order valence-corrected chi connectivity index (χ1v) is 9.04. The van der Waals surface area contributed by atoms with E-state index in [4.69, 9.17) is 4.42 Å². The van der Waals surface area contributed by atoms with Crippen LogP contribution >= 0.6 is 0 Å². The zero-order valence-electron chi connectivity index (χ0n) is 14.0. The van der Waals surface area contributed by atoms with E-state index in [-0.39, 0.29) is 12.1 Å². The van der Waals surface area contributed by atoms with Crippen LogP contribution in [0.4, 0.5) is 4.79 Å². The largest absolute Gasteiger partial charge is 0.465 e. The van der Waals surface area contributed by atoms with Crippen LogP contribution in [0.25, 0.3) is 0 Å². The van der Waals surface area contributed by atoms with Gasteiger partial charge in [-0.2, -0.15) is 0 Å². The summed E-state index contributed by atoms with van der Waals surface area (Å²) in [4.78, 5) is 16.9. The summed E-state index contributed by atoms with van der Waals surface area (Å²) in [7, 11) is 0. The summed E-state index contributed by atoms with van der Waals surface area (Å²) < 4.78 is 5.85. The monoisotopic (exact) mass is 317 g/mol. The number of hydrogen-bond acceptors (Lipinski definition) is 3. The van der Waals surface area contributed by atoms with Gasteiger partial charge in [0.25, 0.3) is 0 Å². The molecule has 0 spiro atoms. The van der Waals surface area contributed by atoms with Gasteiger partial charge in [0, 0.05) is 19.6 Å². The van der Waals surface area contributed by atoms with E-state index in [9.17, 15) is 4.79 Å². The molecule has 2 aliphatic heterocycles. The zero-order chi connectivity index (χ0) is 15.8. The third-order valence-electron chi connectivity index (χ3n) is 5.70. The number of furan rings is 1. The van der Waals surface area contributed by atoms with Gasteiger partial charge in [-0.3, -0.25) is 4.90 Å². The Hall–Kier alpha value is -1.49. The molecule has 23 heavy (non-hydrogen) atoms. The van der Waals surface area contributed by atoms with Crippen molar-refractivity contribution in [3.05, 3.63) is 23.7 Å². The lowest BCUT2D eigenvalue weighted by molar-refractivity contribution is 0.171. The third-order valence-corrected chi connectivity index (χ3v) is 5.70. The minimum atomic E-state index is 0.0998. The Morgan fingerprint density at radius 2 is 2.13 bits per heavy atom. The Bertz CT molecular complexity index is 564. The first-order valence-electron chi connectivity index (χ1n) is 9.04. The summed E-state index contributed by atoms with van der Waals surface area (Å²) in [5.41, 5.74) is 0. The van der Waals surface area contributed by atoms with E-state index in [1.54, 1.807) is 0 Å². The Kier molecular flexibility index (Phi) is 4.05. The van der Waals surface area contributed by atoms with E-state index in [0.717, 1.165) is 49.5 Å². The van der Waals surface area contributed by atoms with Crippen LogP contribution in [0.15, 0.2) is 16.5 Å². The van der Waals surface area contributed by atoms with Crippen molar-refractivity contribution in [1.29, 1.82) is 0 Å². The van der Waals surface area contributed by atoms with Crippen molar-refractivity contribution < 1.29 is 9.21 Å². The van der Waals surface area contributed by atoms with Gasteiger partial charge in [0.05, 0.1) is 6.04 Å². The highest BCUT2D eigenvalue weighted by Gasteiger charge is 2.42. The van der Waals surface area contributed by atoms with Crippen molar-refractivity contribution >= 4 is 6.03 Å². The topological polar surface area (TPSA) is 48.7 Å². The average Bonchev–Trinajstić information content (AvgIpc) is 2.92. The summed E-state index contributed by atoms with van der Waals surface area (Å²) in [5, 5.41) is 3.16. The predicted molar refractivity (Wildman–Crippen MR) is 88.2 cm³/mol. The summed E-state index contributed by atoms with van der Waals surface area (Å²) >= 11 is 0. The van der Waals surface area contributed by atoms with Gasteiger partial charge in [-0.05, 0) is 69.7 Å². The predicted octanol–water partition coefficient (Wildman–Crippen LogP) is 2.78. The Morgan fingerprint density at radius 1 is 1.30 bits per heavy atom. The van der Waals surface area contributed by atoms with E-state index in [1.165, 1.54) is 25.7 Å². The van der Waals surface area contributed by atoms with Crippen LogP contribution in [-0.4, -0.2) is 48.6 Å². The molecular formula is C18H27N3O2. The number of nitrogens with zero attached hydrogens (tertiary/aromatic N) is 2. The number of carbonyl (C=O) groups is 1. The number of fused-ring (bicyclic) bond motifs is 1. The number of carbonyl (C=O) groups excluding carboxylic acids is 1. The van der Waals surface area contributed by atoms with Crippen LogP contribution in [0.2, 0.25) is 0 Å². The van der Waals surface area contributed by atoms with Gasteiger partial charge in [0.2, 0.25) is 0 Å². The van der Waals surface area contributed by atoms with Crippen LogP contribution in [0.5, 0.6) is 0 Å². The molecule has 2 saturated heterocycles. The number of urea groups is 1. The van der Waals surface area contributed by atoms with Crippen molar-refractivity contribution in [3.8, 4) is 0 Å². The Morgan fingerprint density at radius 3 is 2.83 bits per heavy atom. The lowest BCUT2D eigenvalue weighted by Crippen LogP contribution is -2.46. The van der Waals surface area contributed by atoms with Gasteiger partial charge in [-0.15, -0.1) is 0 Å². The van der Waals surface area contributed by atoms with Gasteiger partial charge < -0.3 is 14.6 Å². The molecule has 1 saturated carbocycles. The minimum absolute atomic E-state index is 0.0998. The number of rotatable bonds is 4. The zero-order valence-corrected chi connectivity index (χ0v) is 14.0. The molecule has 2 amide bonds. The highest BCUT2D eigenvalue weighted by molar-refractivity contribution is 5.74. The summed E-state index contributed by atoms with van der Waals surface area (Å²) in [6.45, 7) is 6.66. The van der Waals surface area contributed by atoms with Gasteiger partial charge in [-0.25, -0.2) is 4.79 Å². The van der Waals surface area contributed by atoms with Crippen molar-refractivity contribution in [3.63, 3.8) is 0 Å². The Balaban J connectivity index is 1.37. The van der Waals surface area contributed by atoms with Crippen LogP contribution in [0, 0.1) is 18.8 Å². The minimum Gasteiger partial charge on any atom is -0.465 e. The fourth-order valence-corrected chi connectivity index (χ4v) is 4.16. The van der Waals surface area contributed by atoms with Crippen molar-refractivity contribution in [2.45, 2.75) is 38.6 Å². The second kappa shape index (κ2) is 6.19. The first kappa shape index (κ1) is 15.1. The molecule has 3 fully saturated rings. The molecule has 0 radical (unpaired) electrons. The quantitative estimate of drug-likeness (QED) is 0.929.